The van der Waals surface area contributed by atoms with Crippen LogP contribution in [0.15, 0.2) is 118 Å². The molecule has 0 aliphatic heterocycles. The number of allylic oxidation sites excluding steroid dienone is 20. The summed E-state index contributed by atoms with van der Waals surface area (Å²) in [6.07, 6.45) is 37.9. The predicted octanol–water partition coefficient (Wildman–Crippen LogP) is 12.7. The lowest BCUT2D eigenvalue weighted by Crippen LogP contribution is -2.24. The summed E-state index contributed by atoms with van der Waals surface area (Å²) in [5.74, 6) is 0.694. The Balaban J connectivity index is 1.85. The van der Waals surface area contributed by atoms with Gasteiger partial charge in [0.1, 0.15) is 0 Å². The number of hydrogen-bond acceptors (Lipinski definition) is 0. The summed E-state index contributed by atoms with van der Waals surface area (Å²) in [6, 6.07) is 0. The van der Waals surface area contributed by atoms with Crippen LogP contribution in [-0.2, 0) is 0 Å². The molecule has 0 aromatic carbocycles. The van der Waals surface area contributed by atoms with Gasteiger partial charge in [-0.1, -0.05) is 153 Å². The van der Waals surface area contributed by atoms with E-state index in [0.717, 1.165) is 6.42 Å². The normalized spacial score (nSPS) is 24.6. The fourth-order valence-electron chi connectivity index (χ4n) is 6.10. The van der Waals surface area contributed by atoms with Gasteiger partial charge in [-0.2, -0.15) is 0 Å². The van der Waals surface area contributed by atoms with E-state index in [4.69, 9.17) is 0 Å². The average Bonchev–Trinajstić information content (AvgIpc) is 2.85. The molecule has 0 spiro atoms. The van der Waals surface area contributed by atoms with Crippen LogP contribution in [0.4, 0.5) is 0 Å². The topological polar surface area (TPSA) is 0 Å². The zero-order valence-corrected chi connectivity index (χ0v) is 27.5. The van der Waals surface area contributed by atoms with E-state index in [1.165, 1.54) is 66.4 Å². The van der Waals surface area contributed by atoms with Gasteiger partial charge in [0.05, 0.1) is 0 Å². The van der Waals surface area contributed by atoms with Crippen LogP contribution in [0.25, 0.3) is 0 Å². The largest absolute Gasteiger partial charge is 0.0778 e. The Morgan fingerprint density at radius 3 is 1.95 bits per heavy atom. The minimum atomic E-state index is 0.302. The predicted molar refractivity (Wildman–Crippen MR) is 181 cm³/mol. The Hall–Kier alpha value is -2.60. The van der Waals surface area contributed by atoms with Crippen LogP contribution in [0.1, 0.15) is 114 Å². The van der Waals surface area contributed by atoms with Gasteiger partial charge in [0, 0.05) is 0 Å². The smallest absolute Gasteiger partial charge is 0.0104 e. The van der Waals surface area contributed by atoms with Crippen molar-refractivity contribution < 1.29 is 0 Å². The van der Waals surface area contributed by atoms with Crippen molar-refractivity contribution in [3.05, 3.63) is 118 Å². The average molecular weight is 539 g/mol. The Bertz CT molecular complexity index is 1150. The summed E-state index contributed by atoms with van der Waals surface area (Å²) in [5.41, 5.74) is 10.5. The summed E-state index contributed by atoms with van der Waals surface area (Å²) in [7, 11) is 0. The molecule has 1 fully saturated rings. The minimum absolute atomic E-state index is 0.302. The van der Waals surface area contributed by atoms with Gasteiger partial charge in [0.15, 0.2) is 0 Å². The quantitative estimate of drug-likeness (QED) is 0.243. The number of rotatable bonds is 10. The van der Waals surface area contributed by atoms with Crippen molar-refractivity contribution in [3.8, 4) is 0 Å². The first-order valence-corrected chi connectivity index (χ1v) is 15.6. The molecule has 0 nitrogen and oxygen atoms in total. The van der Waals surface area contributed by atoms with Gasteiger partial charge in [-0.05, 0) is 95.5 Å². The van der Waals surface area contributed by atoms with E-state index >= 15 is 0 Å². The lowest BCUT2D eigenvalue weighted by Gasteiger charge is -2.37. The molecule has 218 valence electrons. The van der Waals surface area contributed by atoms with Crippen LogP contribution in [-0.4, -0.2) is 0 Å². The fourth-order valence-corrected chi connectivity index (χ4v) is 6.10. The van der Waals surface area contributed by atoms with Gasteiger partial charge in [0.25, 0.3) is 0 Å². The molecule has 1 atom stereocenters. The first-order valence-electron chi connectivity index (χ1n) is 15.6. The van der Waals surface area contributed by atoms with Gasteiger partial charge in [-0.25, -0.2) is 0 Å². The SMILES string of the molecule is CC1=C(/C=C\C(C)=C\C/C=C(C)/C=C/C=C/C(C)=C/C=C/C(C)=C/C=C2\C(C)CCCC2(C)C)C(C)(C)CCC1. The van der Waals surface area contributed by atoms with Crippen molar-refractivity contribution in [1.82, 2.24) is 0 Å². The maximum atomic E-state index is 2.40. The van der Waals surface area contributed by atoms with Crippen LogP contribution in [0.5, 0.6) is 0 Å². The molecular weight excluding hydrogens is 480 g/mol. The molecule has 0 aromatic rings. The maximum Gasteiger partial charge on any atom is -0.0104 e. The lowest BCUT2D eigenvalue weighted by molar-refractivity contribution is 0.290. The summed E-state index contributed by atoms with van der Waals surface area (Å²) < 4.78 is 0. The van der Waals surface area contributed by atoms with Crippen LogP contribution >= 0.6 is 0 Å². The third-order valence-corrected chi connectivity index (χ3v) is 8.76. The van der Waals surface area contributed by atoms with Crippen molar-refractivity contribution >= 4 is 0 Å². The molecule has 0 heterocycles. The fraction of sp³-hybridized carbons (Fsp3) is 0.500. The summed E-state index contributed by atoms with van der Waals surface area (Å²) in [5, 5.41) is 0. The first kappa shape index (κ1) is 33.6. The lowest BCUT2D eigenvalue weighted by atomic mass is 9.68. The molecular formula is C40H58. The Labute approximate surface area is 248 Å². The van der Waals surface area contributed by atoms with Crippen LogP contribution < -0.4 is 0 Å². The molecule has 0 saturated heterocycles. The Morgan fingerprint density at radius 2 is 1.30 bits per heavy atom. The van der Waals surface area contributed by atoms with Crippen molar-refractivity contribution in [2.24, 2.45) is 16.7 Å². The molecule has 0 bridgehead atoms. The monoisotopic (exact) mass is 538 g/mol. The molecule has 40 heavy (non-hydrogen) atoms. The number of hydrogen-bond donors (Lipinski definition) is 0. The molecule has 2 aliphatic rings. The summed E-state index contributed by atoms with van der Waals surface area (Å²) >= 11 is 0. The van der Waals surface area contributed by atoms with Crippen LogP contribution in [0.2, 0.25) is 0 Å². The summed E-state index contributed by atoms with van der Waals surface area (Å²) in [6.45, 7) is 23.0. The van der Waals surface area contributed by atoms with E-state index in [-0.39, 0.29) is 0 Å². The van der Waals surface area contributed by atoms with E-state index in [2.05, 4.69) is 148 Å². The van der Waals surface area contributed by atoms with Gasteiger partial charge < -0.3 is 0 Å². The van der Waals surface area contributed by atoms with E-state index in [1.807, 2.05) is 0 Å². The van der Waals surface area contributed by atoms with Crippen molar-refractivity contribution in [2.75, 3.05) is 0 Å². The van der Waals surface area contributed by atoms with E-state index < -0.39 is 0 Å². The van der Waals surface area contributed by atoms with Crippen molar-refractivity contribution in [1.29, 1.82) is 0 Å². The maximum absolute atomic E-state index is 2.40. The van der Waals surface area contributed by atoms with E-state index in [1.54, 1.807) is 11.1 Å². The zero-order valence-electron chi connectivity index (χ0n) is 27.5. The molecule has 1 saturated carbocycles. The molecule has 0 amide bonds. The Kier molecular flexibility index (Phi) is 13.4. The van der Waals surface area contributed by atoms with E-state index in [9.17, 15) is 0 Å². The first-order chi connectivity index (χ1) is 18.8. The summed E-state index contributed by atoms with van der Waals surface area (Å²) in [4.78, 5) is 0. The molecule has 0 N–H and O–H groups in total. The highest BCUT2D eigenvalue weighted by Gasteiger charge is 2.30. The van der Waals surface area contributed by atoms with Gasteiger partial charge in [0.2, 0.25) is 0 Å². The molecule has 2 rings (SSSR count). The van der Waals surface area contributed by atoms with Gasteiger partial charge in [-0.15, -0.1) is 0 Å². The minimum Gasteiger partial charge on any atom is -0.0778 e. The molecule has 0 heteroatoms. The highest BCUT2D eigenvalue weighted by molar-refractivity contribution is 5.36. The van der Waals surface area contributed by atoms with Gasteiger partial charge in [-0.3, -0.25) is 0 Å². The second-order valence-corrected chi connectivity index (χ2v) is 13.6. The molecule has 0 aromatic heterocycles. The second-order valence-electron chi connectivity index (χ2n) is 13.6. The molecule has 1 unspecified atom stereocenters. The molecule has 0 radical (unpaired) electrons. The highest BCUT2D eigenvalue weighted by Crippen LogP contribution is 2.43. The zero-order chi connectivity index (χ0) is 29.8. The second kappa shape index (κ2) is 16.0. The van der Waals surface area contributed by atoms with Crippen LogP contribution in [0.3, 0.4) is 0 Å². The van der Waals surface area contributed by atoms with Crippen LogP contribution in [0, 0.1) is 16.7 Å². The van der Waals surface area contributed by atoms with Crippen molar-refractivity contribution in [2.45, 2.75) is 114 Å². The Morgan fingerprint density at radius 1 is 0.725 bits per heavy atom. The third-order valence-electron chi connectivity index (χ3n) is 8.76. The van der Waals surface area contributed by atoms with Gasteiger partial charge >= 0.3 is 0 Å². The van der Waals surface area contributed by atoms with Crippen molar-refractivity contribution in [3.63, 3.8) is 0 Å². The third kappa shape index (κ3) is 11.5. The van der Waals surface area contributed by atoms with E-state index in [0.29, 0.717) is 16.7 Å². The highest BCUT2D eigenvalue weighted by atomic mass is 14.4. The standard InChI is InChI=1S/C40H58/c1-31(19-13-21-33(3)25-27-37-35(5)23-15-29-39(37,7)8)17-11-12-18-32(2)20-14-22-34(4)26-28-38-36(6)24-16-30-40(38,9)10/h11-13,17-22,25-28,35H,14-16,23-24,29-30H2,1-10H3/b17-11+,18-12+,21-13+,28-26-,31-19+,32-20+,33-25+,34-22+,37-27+. The molecule has 2 aliphatic carbocycles.